The van der Waals surface area contributed by atoms with Crippen molar-refractivity contribution in [3.63, 3.8) is 0 Å². The minimum atomic E-state index is 0.776. The maximum atomic E-state index is 4.71. The molecule has 5 rings (SSSR count). The number of aliphatic imine (C=N–C) groups is 1. The van der Waals surface area contributed by atoms with Crippen LogP contribution in [0.15, 0.2) is 66.7 Å². The second-order valence-electron chi connectivity index (χ2n) is 7.41. The van der Waals surface area contributed by atoms with Gasteiger partial charge in [-0.2, -0.15) is 5.10 Å². The van der Waals surface area contributed by atoms with Crippen LogP contribution < -0.4 is 10.2 Å². The smallest absolute Gasteiger partial charge is 0.162 e. The standard InChI is InChI=1S/C24H23N7/c1-3-19-20(5-4-6-22(19)25-2)21-15-29-31-16-18(14-28-24(21)31)17-7-8-23(27-13-17)30-11-9-26-10-12-30/h3-8,13-16,26H,1-2,9-12H2. The Morgan fingerprint density at radius 1 is 0.968 bits per heavy atom. The van der Waals surface area contributed by atoms with E-state index in [1.54, 1.807) is 10.6 Å². The summed E-state index contributed by atoms with van der Waals surface area (Å²) in [5.41, 5.74) is 6.38. The summed E-state index contributed by atoms with van der Waals surface area (Å²) in [6.45, 7) is 11.5. The third kappa shape index (κ3) is 3.49. The van der Waals surface area contributed by atoms with Crippen LogP contribution in [0, 0.1) is 0 Å². The molecule has 31 heavy (non-hydrogen) atoms. The number of rotatable bonds is 5. The van der Waals surface area contributed by atoms with Gasteiger partial charge in [0.2, 0.25) is 0 Å². The molecule has 7 heteroatoms. The Morgan fingerprint density at radius 2 is 1.81 bits per heavy atom. The van der Waals surface area contributed by atoms with Crippen molar-refractivity contribution in [2.45, 2.75) is 0 Å². The molecule has 1 aliphatic rings. The molecule has 4 heterocycles. The van der Waals surface area contributed by atoms with Crippen molar-refractivity contribution in [2.75, 3.05) is 31.1 Å². The van der Waals surface area contributed by atoms with Crippen LogP contribution in [0.3, 0.4) is 0 Å². The summed E-state index contributed by atoms with van der Waals surface area (Å²) < 4.78 is 1.80. The largest absolute Gasteiger partial charge is 0.354 e. The summed E-state index contributed by atoms with van der Waals surface area (Å²) in [6.07, 6.45) is 9.37. The number of aromatic nitrogens is 4. The molecule has 1 N–H and O–H groups in total. The van der Waals surface area contributed by atoms with E-state index in [-0.39, 0.29) is 0 Å². The molecule has 154 valence electrons. The molecular formula is C24H23N7. The summed E-state index contributed by atoms with van der Waals surface area (Å²) in [4.78, 5) is 15.8. The first-order valence-electron chi connectivity index (χ1n) is 10.3. The molecule has 1 aliphatic heterocycles. The molecule has 0 bridgehead atoms. The molecule has 1 aromatic carbocycles. The fourth-order valence-electron chi connectivity index (χ4n) is 3.99. The maximum Gasteiger partial charge on any atom is 0.162 e. The van der Waals surface area contributed by atoms with Crippen molar-refractivity contribution in [3.05, 3.63) is 67.3 Å². The number of benzene rings is 1. The van der Waals surface area contributed by atoms with Crippen LogP contribution >= 0.6 is 0 Å². The van der Waals surface area contributed by atoms with Crippen molar-refractivity contribution < 1.29 is 0 Å². The monoisotopic (exact) mass is 409 g/mol. The minimum absolute atomic E-state index is 0.776. The Kier molecular flexibility index (Phi) is 5.01. The highest BCUT2D eigenvalue weighted by Crippen LogP contribution is 2.34. The SMILES string of the molecule is C=Cc1c(N=C)cccc1-c1cnn2cc(-c3ccc(N4CCNCC4)nc3)cnc12. The van der Waals surface area contributed by atoms with Crippen LogP contribution in [0.2, 0.25) is 0 Å². The lowest BCUT2D eigenvalue weighted by Crippen LogP contribution is -2.43. The zero-order chi connectivity index (χ0) is 21.2. The molecule has 4 aromatic rings. The van der Waals surface area contributed by atoms with Crippen LogP contribution in [0.1, 0.15) is 5.56 Å². The number of hydrogen-bond acceptors (Lipinski definition) is 6. The molecule has 0 amide bonds. The number of nitrogens with one attached hydrogen (secondary N) is 1. The van der Waals surface area contributed by atoms with Gasteiger partial charge in [-0.15, -0.1) is 0 Å². The van der Waals surface area contributed by atoms with E-state index in [4.69, 9.17) is 4.98 Å². The van der Waals surface area contributed by atoms with Crippen molar-refractivity contribution in [2.24, 2.45) is 4.99 Å². The Balaban J connectivity index is 1.49. The predicted octanol–water partition coefficient (Wildman–Crippen LogP) is 3.84. The van der Waals surface area contributed by atoms with E-state index in [1.807, 2.05) is 43.0 Å². The molecule has 0 saturated carbocycles. The van der Waals surface area contributed by atoms with Crippen LogP contribution in [0.25, 0.3) is 34.0 Å². The molecule has 7 nitrogen and oxygen atoms in total. The zero-order valence-corrected chi connectivity index (χ0v) is 17.2. The highest BCUT2D eigenvalue weighted by Gasteiger charge is 2.15. The Bertz CT molecular complexity index is 1250. The lowest BCUT2D eigenvalue weighted by atomic mass is 10.0. The topological polar surface area (TPSA) is 70.7 Å². The molecule has 0 radical (unpaired) electrons. The van der Waals surface area contributed by atoms with E-state index in [0.29, 0.717) is 0 Å². The highest BCUT2D eigenvalue weighted by atomic mass is 15.2. The molecule has 1 fully saturated rings. The molecule has 0 aliphatic carbocycles. The van der Waals surface area contributed by atoms with Gasteiger partial charge in [0.05, 0.1) is 11.9 Å². The van der Waals surface area contributed by atoms with Gasteiger partial charge in [-0.25, -0.2) is 14.5 Å². The molecule has 0 spiro atoms. The normalized spacial score (nSPS) is 14.0. The second kappa shape index (κ2) is 8.12. The molecular weight excluding hydrogens is 386 g/mol. The first-order chi connectivity index (χ1) is 15.3. The van der Waals surface area contributed by atoms with E-state index >= 15 is 0 Å². The number of pyridine rings is 1. The summed E-state index contributed by atoms with van der Waals surface area (Å²) in [5.74, 6) is 1.01. The summed E-state index contributed by atoms with van der Waals surface area (Å²) in [5, 5.41) is 7.91. The Morgan fingerprint density at radius 3 is 2.55 bits per heavy atom. The van der Waals surface area contributed by atoms with Crippen LogP contribution in [-0.2, 0) is 0 Å². The highest BCUT2D eigenvalue weighted by molar-refractivity contribution is 5.87. The van der Waals surface area contributed by atoms with Crippen molar-refractivity contribution in [1.29, 1.82) is 0 Å². The van der Waals surface area contributed by atoms with Crippen molar-refractivity contribution in [3.8, 4) is 22.3 Å². The minimum Gasteiger partial charge on any atom is -0.354 e. The summed E-state index contributed by atoms with van der Waals surface area (Å²) in [7, 11) is 0. The van der Waals surface area contributed by atoms with Gasteiger partial charge < -0.3 is 10.2 Å². The van der Waals surface area contributed by atoms with Gasteiger partial charge in [-0.1, -0.05) is 24.8 Å². The lowest BCUT2D eigenvalue weighted by Gasteiger charge is -2.28. The fraction of sp³-hybridized carbons (Fsp3) is 0.167. The van der Waals surface area contributed by atoms with Crippen LogP contribution in [0.4, 0.5) is 11.5 Å². The Labute approximate surface area is 180 Å². The third-order valence-electron chi connectivity index (χ3n) is 5.63. The third-order valence-corrected chi connectivity index (χ3v) is 5.63. The van der Waals surface area contributed by atoms with Crippen molar-refractivity contribution >= 4 is 29.9 Å². The van der Waals surface area contributed by atoms with Gasteiger partial charge in [0, 0.05) is 67.0 Å². The zero-order valence-electron chi connectivity index (χ0n) is 17.2. The first kappa shape index (κ1) is 19.1. The average molecular weight is 409 g/mol. The van der Waals surface area contributed by atoms with E-state index in [9.17, 15) is 0 Å². The van der Waals surface area contributed by atoms with Gasteiger partial charge >= 0.3 is 0 Å². The second-order valence-corrected chi connectivity index (χ2v) is 7.41. The van der Waals surface area contributed by atoms with E-state index in [1.165, 1.54) is 0 Å². The van der Waals surface area contributed by atoms with E-state index < -0.39 is 0 Å². The quantitative estimate of drug-likeness (QED) is 0.507. The molecule has 3 aromatic heterocycles. The number of anilines is 1. The van der Waals surface area contributed by atoms with E-state index in [2.05, 4.69) is 50.7 Å². The number of fused-ring (bicyclic) bond motifs is 1. The fourth-order valence-corrected chi connectivity index (χ4v) is 3.99. The van der Waals surface area contributed by atoms with Gasteiger partial charge in [-0.05, 0) is 30.5 Å². The average Bonchev–Trinajstić information content (AvgIpc) is 3.27. The van der Waals surface area contributed by atoms with Gasteiger partial charge in [0.15, 0.2) is 5.65 Å². The molecule has 1 saturated heterocycles. The molecule has 0 atom stereocenters. The van der Waals surface area contributed by atoms with Crippen LogP contribution in [-0.4, -0.2) is 52.5 Å². The summed E-state index contributed by atoms with van der Waals surface area (Å²) in [6, 6.07) is 10.1. The Hall–Kier alpha value is -3.84. The number of nitrogens with zero attached hydrogens (tertiary/aromatic N) is 6. The number of piperazine rings is 1. The van der Waals surface area contributed by atoms with E-state index in [0.717, 1.165) is 71.1 Å². The predicted molar refractivity (Wildman–Crippen MR) is 126 cm³/mol. The maximum absolute atomic E-state index is 4.71. The first-order valence-corrected chi connectivity index (χ1v) is 10.3. The summed E-state index contributed by atoms with van der Waals surface area (Å²) >= 11 is 0. The number of hydrogen-bond donors (Lipinski definition) is 1. The molecule has 0 unspecified atom stereocenters. The lowest BCUT2D eigenvalue weighted by molar-refractivity contribution is 0.585. The van der Waals surface area contributed by atoms with Crippen LogP contribution in [0.5, 0.6) is 0 Å². The van der Waals surface area contributed by atoms with Gasteiger partial charge in [0.1, 0.15) is 5.82 Å². The van der Waals surface area contributed by atoms with Crippen molar-refractivity contribution in [1.82, 2.24) is 24.9 Å². The van der Waals surface area contributed by atoms with Gasteiger partial charge in [-0.3, -0.25) is 4.99 Å². The van der Waals surface area contributed by atoms with Gasteiger partial charge in [0.25, 0.3) is 0 Å².